The average molecular weight is 290 g/mol. The Morgan fingerprint density at radius 2 is 1.76 bits per heavy atom. The number of hydrogen-bond acceptors (Lipinski definition) is 1. The van der Waals surface area contributed by atoms with Gasteiger partial charge in [0, 0.05) is 16.2 Å². The van der Waals surface area contributed by atoms with Gasteiger partial charge in [0.2, 0.25) is 0 Å². The normalized spacial score (nSPS) is 12.2. The largest absolute Gasteiger partial charge is 0.378 e. The average Bonchev–Trinajstić information content (AvgIpc) is 2.28. The zero-order chi connectivity index (χ0) is 12.3. The van der Waals surface area contributed by atoms with E-state index >= 15 is 0 Å². The second-order valence-electron chi connectivity index (χ2n) is 4.29. The van der Waals surface area contributed by atoms with Crippen LogP contribution in [0.2, 0.25) is 0 Å². The highest BCUT2D eigenvalue weighted by molar-refractivity contribution is 9.10. The van der Waals surface area contributed by atoms with Crippen molar-refractivity contribution in [1.29, 1.82) is 0 Å². The summed E-state index contributed by atoms with van der Waals surface area (Å²) in [4.78, 5) is 0. The highest BCUT2D eigenvalue weighted by Gasteiger charge is 2.05. The fourth-order valence-electron chi connectivity index (χ4n) is 1.89. The van der Waals surface area contributed by atoms with E-state index in [0.717, 1.165) is 10.2 Å². The van der Waals surface area contributed by atoms with Crippen LogP contribution in [0.25, 0.3) is 0 Å². The molecule has 2 rings (SSSR count). The van der Waals surface area contributed by atoms with Gasteiger partial charge in [0.15, 0.2) is 0 Å². The third-order valence-corrected chi connectivity index (χ3v) is 3.18. The van der Waals surface area contributed by atoms with Gasteiger partial charge in [-0.3, -0.25) is 0 Å². The molecule has 0 saturated carbocycles. The van der Waals surface area contributed by atoms with E-state index in [1.54, 1.807) is 0 Å². The van der Waals surface area contributed by atoms with Crippen LogP contribution in [-0.2, 0) is 0 Å². The molecule has 0 aliphatic carbocycles. The summed E-state index contributed by atoms with van der Waals surface area (Å²) < 4.78 is 1.11. The van der Waals surface area contributed by atoms with Gasteiger partial charge in [-0.05, 0) is 43.2 Å². The van der Waals surface area contributed by atoms with Crippen LogP contribution in [0.4, 0.5) is 5.69 Å². The minimum absolute atomic E-state index is 0.310. The van der Waals surface area contributed by atoms with E-state index in [2.05, 4.69) is 77.6 Å². The lowest BCUT2D eigenvalue weighted by Crippen LogP contribution is -2.06. The Bertz CT molecular complexity index is 473. The molecule has 0 saturated heterocycles. The number of aryl methyl sites for hydroxylation is 1. The van der Waals surface area contributed by atoms with Crippen molar-refractivity contribution in [3.8, 4) is 0 Å². The minimum atomic E-state index is 0.310. The Balaban J connectivity index is 2.16. The lowest BCUT2D eigenvalue weighted by molar-refractivity contribution is 0.884. The molecule has 0 fully saturated rings. The van der Waals surface area contributed by atoms with Gasteiger partial charge in [0.25, 0.3) is 0 Å². The quantitative estimate of drug-likeness (QED) is 0.845. The molecule has 0 heterocycles. The first-order chi connectivity index (χ1) is 8.15. The molecular weight excluding hydrogens is 274 g/mol. The fraction of sp³-hybridized carbons (Fsp3) is 0.200. The van der Waals surface area contributed by atoms with Gasteiger partial charge in [-0.1, -0.05) is 46.3 Å². The van der Waals surface area contributed by atoms with Crippen molar-refractivity contribution in [2.45, 2.75) is 19.9 Å². The monoisotopic (exact) mass is 289 g/mol. The highest BCUT2D eigenvalue weighted by Crippen LogP contribution is 2.23. The summed E-state index contributed by atoms with van der Waals surface area (Å²) in [5, 5.41) is 3.51. The van der Waals surface area contributed by atoms with Crippen LogP contribution in [0.15, 0.2) is 53.0 Å². The first kappa shape index (κ1) is 12.2. The van der Waals surface area contributed by atoms with Gasteiger partial charge in [-0.25, -0.2) is 0 Å². The molecule has 0 spiro atoms. The van der Waals surface area contributed by atoms with Crippen LogP contribution in [0, 0.1) is 6.92 Å². The van der Waals surface area contributed by atoms with Crippen LogP contribution >= 0.6 is 15.9 Å². The van der Waals surface area contributed by atoms with E-state index in [1.165, 1.54) is 11.1 Å². The first-order valence-corrected chi connectivity index (χ1v) is 6.53. The number of hydrogen-bond donors (Lipinski definition) is 1. The second-order valence-corrected chi connectivity index (χ2v) is 5.21. The summed E-state index contributed by atoms with van der Waals surface area (Å²) >= 11 is 3.52. The summed E-state index contributed by atoms with van der Waals surface area (Å²) in [6.07, 6.45) is 0. The number of benzene rings is 2. The number of anilines is 1. The molecule has 1 unspecified atom stereocenters. The molecule has 2 aromatic carbocycles. The molecule has 1 nitrogen and oxygen atoms in total. The molecule has 0 aromatic heterocycles. The molecule has 0 radical (unpaired) electrons. The summed E-state index contributed by atoms with van der Waals surface area (Å²) in [6, 6.07) is 17.1. The van der Waals surface area contributed by atoms with Crippen LogP contribution in [0.5, 0.6) is 0 Å². The Kier molecular flexibility index (Phi) is 3.85. The van der Waals surface area contributed by atoms with Gasteiger partial charge in [-0.2, -0.15) is 0 Å². The lowest BCUT2D eigenvalue weighted by Gasteiger charge is -2.16. The Morgan fingerprint density at radius 3 is 2.41 bits per heavy atom. The predicted molar refractivity (Wildman–Crippen MR) is 77.4 cm³/mol. The lowest BCUT2D eigenvalue weighted by atomic mass is 10.1. The van der Waals surface area contributed by atoms with E-state index in [-0.39, 0.29) is 0 Å². The third-order valence-electron chi connectivity index (χ3n) is 2.72. The Hall–Kier alpha value is -1.28. The van der Waals surface area contributed by atoms with E-state index in [4.69, 9.17) is 0 Å². The number of rotatable bonds is 3. The van der Waals surface area contributed by atoms with Gasteiger partial charge < -0.3 is 5.32 Å². The molecule has 0 bridgehead atoms. The van der Waals surface area contributed by atoms with Crippen LogP contribution in [-0.4, -0.2) is 0 Å². The van der Waals surface area contributed by atoms with E-state index < -0.39 is 0 Å². The van der Waals surface area contributed by atoms with E-state index in [0.29, 0.717) is 6.04 Å². The molecule has 0 aliphatic heterocycles. The molecule has 88 valence electrons. The first-order valence-electron chi connectivity index (χ1n) is 5.74. The maximum Gasteiger partial charge on any atom is 0.0485 e. The van der Waals surface area contributed by atoms with Crippen molar-refractivity contribution < 1.29 is 0 Å². The summed E-state index contributed by atoms with van der Waals surface area (Å²) in [5.41, 5.74) is 3.69. The van der Waals surface area contributed by atoms with Crippen molar-refractivity contribution in [1.82, 2.24) is 0 Å². The van der Waals surface area contributed by atoms with Crippen LogP contribution in [0.3, 0.4) is 0 Å². The molecule has 0 amide bonds. The van der Waals surface area contributed by atoms with E-state index in [9.17, 15) is 0 Å². The molecule has 1 N–H and O–H groups in total. The van der Waals surface area contributed by atoms with Crippen LogP contribution < -0.4 is 5.32 Å². The second kappa shape index (κ2) is 5.37. The van der Waals surface area contributed by atoms with Crippen molar-refractivity contribution in [3.63, 3.8) is 0 Å². The minimum Gasteiger partial charge on any atom is -0.378 e. The van der Waals surface area contributed by atoms with Crippen LogP contribution in [0.1, 0.15) is 24.1 Å². The smallest absolute Gasteiger partial charge is 0.0485 e. The van der Waals surface area contributed by atoms with Gasteiger partial charge >= 0.3 is 0 Å². The van der Waals surface area contributed by atoms with Gasteiger partial charge in [0.05, 0.1) is 0 Å². The molecule has 2 aromatic rings. The van der Waals surface area contributed by atoms with Gasteiger partial charge in [0.1, 0.15) is 0 Å². The maximum atomic E-state index is 3.52. The standard InChI is InChI=1S/C15H16BrN/c1-11-8-14(16)10-15(9-11)17-12(2)13-6-4-3-5-7-13/h3-10,12,17H,1-2H3. The Labute approximate surface area is 111 Å². The van der Waals surface area contributed by atoms with Gasteiger partial charge in [-0.15, -0.1) is 0 Å². The molecule has 17 heavy (non-hydrogen) atoms. The molecular formula is C15H16BrN. The topological polar surface area (TPSA) is 12.0 Å². The molecule has 2 heteroatoms. The number of nitrogens with one attached hydrogen (secondary N) is 1. The SMILES string of the molecule is Cc1cc(Br)cc(NC(C)c2ccccc2)c1. The summed E-state index contributed by atoms with van der Waals surface area (Å²) in [6.45, 7) is 4.27. The highest BCUT2D eigenvalue weighted by atomic mass is 79.9. The number of halogens is 1. The Morgan fingerprint density at radius 1 is 1.06 bits per heavy atom. The van der Waals surface area contributed by atoms with Crippen molar-refractivity contribution in [2.24, 2.45) is 0 Å². The third kappa shape index (κ3) is 3.34. The van der Waals surface area contributed by atoms with Crippen molar-refractivity contribution in [3.05, 3.63) is 64.1 Å². The summed E-state index contributed by atoms with van der Waals surface area (Å²) in [7, 11) is 0. The maximum absolute atomic E-state index is 3.52. The van der Waals surface area contributed by atoms with Crippen molar-refractivity contribution in [2.75, 3.05) is 5.32 Å². The predicted octanol–water partition coefficient (Wildman–Crippen LogP) is 4.93. The fourth-order valence-corrected chi connectivity index (χ4v) is 2.50. The molecule has 0 aliphatic rings. The zero-order valence-corrected chi connectivity index (χ0v) is 11.7. The summed E-state index contributed by atoms with van der Waals surface area (Å²) in [5.74, 6) is 0. The van der Waals surface area contributed by atoms with Crippen molar-refractivity contribution >= 4 is 21.6 Å². The van der Waals surface area contributed by atoms with E-state index in [1.807, 2.05) is 6.07 Å². The zero-order valence-electron chi connectivity index (χ0n) is 10.1. The molecule has 1 atom stereocenters.